The number of hydroxylamine groups is 1. The molecule has 0 aliphatic carbocycles. The second-order valence-corrected chi connectivity index (χ2v) is 3.74. The molecule has 1 heterocycles. The number of Topliss-reactive ketones (excluding diaryl/α,β-unsaturated/α-hetero) is 1. The fourth-order valence-corrected chi connectivity index (χ4v) is 1.73. The predicted molar refractivity (Wildman–Crippen MR) is 46.8 cm³/mol. The smallest absolute Gasteiger partial charge is 0.222 e. The largest absolute Gasteiger partial charge is 0.394 e. The number of ether oxygens (including phenoxy) is 1. The van der Waals surface area contributed by atoms with Crippen LogP contribution in [-0.4, -0.2) is 57.9 Å². The Bertz CT molecular complexity index is 287. The molecule has 17 heavy (non-hydrogen) atoms. The van der Waals surface area contributed by atoms with Crippen molar-refractivity contribution in [3.63, 3.8) is 0 Å². The van der Waals surface area contributed by atoms with Gasteiger partial charge in [-0.3, -0.25) is 4.79 Å². The zero-order chi connectivity index (χ0) is 13.2. The van der Waals surface area contributed by atoms with Crippen LogP contribution in [0, 0.1) is 0 Å². The van der Waals surface area contributed by atoms with Crippen LogP contribution in [-0.2, 0) is 24.9 Å². The lowest BCUT2D eigenvalue weighted by molar-refractivity contribution is -0.395. The summed E-state index contributed by atoms with van der Waals surface area (Å²) < 4.78 is 4.63. The first-order valence-electron chi connectivity index (χ1n) is 4.77. The molecule has 0 bridgehead atoms. The molecule has 0 unspecified atom stereocenters. The maximum Gasteiger partial charge on any atom is 0.222 e. The van der Waals surface area contributed by atoms with Crippen LogP contribution >= 0.6 is 0 Å². The van der Waals surface area contributed by atoms with E-state index in [0.717, 1.165) is 6.92 Å². The molecule has 0 aromatic carbocycles. The lowest BCUT2D eigenvalue weighted by Crippen LogP contribution is -2.74. The zero-order valence-electron chi connectivity index (χ0n) is 8.90. The summed E-state index contributed by atoms with van der Waals surface area (Å²) >= 11 is 0. The number of hydrogen-bond donors (Lipinski definition) is 4. The van der Waals surface area contributed by atoms with E-state index in [-0.39, 0.29) is 0 Å². The summed E-state index contributed by atoms with van der Waals surface area (Å²) in [5, 5.41) is 49.8. The Morgan fingerprint density at radius 1 is 1.53 bits per heavy atom. The first-order valence-corrected chi connectivity index (χ1v) is 4.77. The molecule has 9 heteroatoms. The van der Waals surface area contributed by atoms with Gasteiger partial charge in [-0.25, -0.2) is 0 Å². The topological polar surface area (TPSA) is 148 Å². The molecule has 1 fully saturated rings. The van der Waals surface area contributed by atoms with Crippen molar-refractivity contribution in [1.82, 2.24) is 5.48 Å². The molecule has 0 saturated carbocycles. The van der Waals surface area contributed by atoms with Crippen LogP contribution in [0.2, 0.25) is 0 Å². The highest BCUT2D eigenvalue weighted by molar-refractivity contribution is 5.87. The Morgan fingerprint density at radius 2 is 2.12 bits per heavy atom. The molecule has 0 amide bonds. The monoisotopic (exact) mass is 251 g/mol. The summed E-state index contributed by atoms with van der Waals surface area (Å²) in [6.45, 7) is 0.207. The van der Waals surface area contributed by atoms with E-state index in [1.807, 2.05) is 0 Å². The quantitative estimate of drug-likeness (QED) is 0.308. The van der Waals surface area contributed by atoms with Crippen molar-refractivity contribution in [2.24, 2.45) is 0 Å². The Kier molecular flexibility index (Phi) is 4.52. The summed E-state index contributed by atoms with van der Waals surface area (Å²) in [5.41, 5.74) is -0.872. The van der Waals surface area contributed by atoms with Crippen LogP contribution < -0.4 is 5.48 Å². The van der Waals surface area contributed by atoms with Gasteiger partial charge < -0.3 is 20.1 Å². The first kappa shape index (κ1) is 14.4. The molecular weight excluding hydrogens is 238 g/mol. The molecule has 2 radical (unpaired) electrons. The molecule has 0 aromatic heterocycles. The molecule has 1 rings (SSSR count). The van der Waals surface area contributed by atoms with Crippen molar-refractivity contribution >= 4 is 5.78 Å². The van der Waals surface area contributed by atoms with E-state index in [4.69, 9.17) is 5.11 Å². The molecule has 98 valence electrons. The number of carbonyl (C=O) groups is 1. The molecular formula is C8H13NO8. The van der Waals surface area contributed by atoms with Gasteiger partial charge >= 0.3 is 0 Å². The number of hydrogen-bond acceptors (Lipinski definition) is 7. The Morgan fingerprint density at radius 3 is 2.53 bits per heavy atom. The molecule has 0 spiro atoms. The number of rotatable bonds is 4. The van der Waals surface area contributed by atoms with Gasteiger partial charge in [-0.1, -0.05) is 0 Å². The third-order valence-electron chi connectivity index (χ3n) is 2.81. The molecule has 0 aromatic rings. The van der Waals surface area contributed by atoms with E-state index < -0.39 is 42.5 Å². The van der Waals surface area contributed by atoms with Gasteiger partial charge in [0.2, 0.25) is 6.29 Å². The SMILES string of the molecule is CC(=O)[C@]1(NO[O])[C@H]([O])O[C@H](CO)[C@@H](O)[C@@H]1O. The molecule has 1 aliphatic heterocycles. The van der Waals surface area contributed by atoms with Gasteiger partial charge in [0, 0.05) is 0 Å². The highest BCUT2D eigenvalue weighted by Crippen LogP contribution is 2.30. The minimum absolute atomic E-state index is 0.719. The van der Waals surface area contributed by atoms with Crippen molar-refractivity contribution in [2.75, 3.05) is 6.61 Å². The van der Waals surface area contributed by atoms with Gasteiger partial charge in [0.1, 0.15) is 18.3 Å². The number of aliphatic hydroxyl groups excluding tert-OH is 3. The van der Waals surface area contributed by atoms with Crippen molar-refractivity contribution in [3.05, 3.63) is 0 Å². The summed E-state index contributed by atoms with van der Waals surface area (Å²) in [5.74, 6) is -0.934. The van der Waals surface area contributed by atoms with Crippen LogP contribution in [0.5, 0.6) is 0 Å². The van der Waals surface area contributed by atoms with Gasteiger partial charge in [-0.15, -0.1) is 10.5 Å². The van der Waals surface area contributed by atoms with E-state index in [1.54, 1.807) is 0 Å². The number of ketones is 1. The normalized spacial score (nSPS) is 42.5. The average molecular weight is 251 g/mol. The predicted octanol–water partition coefficient (Wildman–Crippen LogP) is -2.95. The zero-order valence-corrected chi connectivity index (χ0v) is 8.90. The second kappa shape index (κ2) is 5.33. The van der Waals surface area contributed by atoms with Crippen molar-refractivity contribution in [3.8, 4) is 0 Å². The second-order valence-electron chi connectivity index (χ2n) is 3.74. The van der Waals surface area contributed by atoms with Crippen LogP contribution in [0.15, 0.2) is 0 Å². The van der Waals surface area contributed by atoms with Crippen LogP contribution in [0.3, 0.4) is 0 Å². The molecule has 1 saturated heterocycles. The standard InChI is InChI=1S/C8H13NO8/c1-3(11)8(9-17-15)6(13)5(12)4(2-10)16-7(8)14/h4-7,9-10,12-13H,2H2,1H3/t4-,5-,6+,7-,8-/m1/s1. The Labute approximate surface area is 96.1 Å². The van der Waals surface area contributed by atoms with Gasteiger partial charge in [-0.05, 0) is 12.2 Å². The van der Waals surface area contributed by atoms with Crippen molar-refractivity contribution < 1.29 is 40.2 Å². The van der Waals surface area contributed by atoms with Gasteiger partial charge in [0.05, 0.1) is 6.61 Å². The number of carbonyl (C=O) groups excluding carboxylic acids is 1. The van der Waals surface area contributed by atoms with Crippen LogP contribution in [0.25, 0.3) is 0 Å². The number of nitrogens with one attached hydrogen (secondary N) is 1. The van der Waals surface area contributed by atoms with E-state index >= 15 is 0 Å². The van der Waals surface area contributed by atoms with E-state index in [0.29, 0.717) is 0 Å². The van der Waals surface area contributed by atoms with E-state index in [1.165, 1.54) is 5.48 Å². The fourth-order valence-electron chi connectivity index (χ4n) is 1.73. The molecule has 9 nitrogen and oxygen atoms in total. The fraction of sp³-hybridized carbons (Fsp3) is 0.875. The molecule has 5 atom stereocenters. The first-order chi connectivity index (χ1) is 7.91. The van der Waals surface area contributed by atoms with Crippen LogP contribution in [0.1, 0.15) is 6.92 Å². The maximum atomic E-state index is 11.6. The van der Waals surface area contributed by atoms with Crippen LogP contribution in [0.4, 0.5) is 0 Å². The Hall–Kier alpha value is -0.650. The average Bonchev–Trinajstić information content (AvgIpc) is 2.28. The summed E-state index contributed by atoms with van der Waals surface area (Å²) in [4.78, 5) is 14.6. The number of aliphatic hydroxyl groups is 3. The highest BCUT2D eigenvalue weighted by atomic mass is 17.2. The lowest BCUT2D eigenvalue weighted by Gasteiger charge is -2.45. The summed E-state index contributed by atoms with van der Waals surface area (Å²) in [6.07, 6.45) is -7.20. The maximum absolute atomic E-state index is 11.6. The van der Waals surface area contributed by atoms with E-state index in [9.17, 15) is 25.4 Å². The van der Waals surface area contributed by atoms with Gasteiger partial charge in [0.25, 0.3) is 0 Å². The minimum Gasteiger partial charge on any atom is -0.394 e. The van der Waals surface area contributed by atoms with E-state index in [2.05, 4.69) is 9.73 Å². The summed E-state index contributed by atoms with van der Waals surface area (Å²) in [6, 6.07) is 0. The third kappa shape index (κ3) is 2.19. The van der Waals surface area contributed by atoms with Gasteiger partial charge in [0.15, 0.2) is 11.3 Å². The lowest BCUT2D eigenvalue weighted by atomic mass is 9.81. The van der Waals surface area contributed by atoms with Gasteiger partial charge in [-0.2, -0.15) is 5.11 Å². The molecule has 1 aliphatic rings. The molecule has 4 N–H and O–H groups in total. The summed E-state index contributed by atoms with van der Waals surface area (Å²) in [7, 11) is 0. The third-order valence-corrected chi connectivity index (χ3v) is 2.81. The Balaban J connectivity index is 3.08. The van der Waals surface area contributed by atoms with Crippen molar-refractivity contribution in [2.45, 2.75) is 37.1 Å². The highest BCUT2D eigenvalue weighted by Gasteiger charge is 2.60. The minimum atomic E-state index is -2.41. The van der Waals surface area contributed by atoms with Crippen molar-refractivity contribution in [1.29, 1.82) is 0 Å².